The Morgan fingerprint density at radius 3 is 3.00 bits per heavy atom. The summed E-state index contributed by atoms with van der Waals surface area (Å²) < 4.78 is 14.6. The van der Waals surface area contributed by atoms with Crippen molar-refractivity contribution in [2.45, 2.75) is 20.4 Å². The van der Waals surface area contributed by atoms with E-state index in [1.54, 1.807) is 13.8 Å². The van der Waals surface area contributed by atoms with Gasteiger partial charge in [-0.15, -0.1) is 0 Å². The number of hydrogen-bond donors (Lipinski definition) is 1. The molecule has 0 radical (unpaired) electrons. The van der Waals surface area contributed by atoms with Gasteiger partial charge in [-0.3, -0.25) is 0 Å². The summed E-state index contributed by atoms with van der Waals surface area (Å²) in [5.74, 6) is 0.801. The molecule has 0 aromatic carbocycles. The molecule has 0 saturated carbocycles. The summed E-state index contributed by atoms with van der Waals surface area (Å²) in [6.07, 6.45) is 0. The minimum Gasteiger partial charge on any atom is -0.464 e. The SMILES string of the molecule is CCOC(=O)COCCNCc1noc(C)n1. The maximum atomic E-state index is 10.9. The minimum absolute atomic E-state index is 0.0170. The first kappa shape index (κ1) is 13.6. The molecule has 0 spiro atoms. The van der Waals surface area contributed by atoms with Gasteiger partial charge >= 0.3 is 5.97 Å². The molecule has 0 fully saturated rings. The van der Waals surface area contributed by atoms with Crippen molar-refractivity contribution in [2.24, 2.45) is 0 Å². The third kappa shape index (κ3) is 5.98. The van der Waals surface area contributed by atoms with Crippen LogP contribution in [0.25, 0.3) is 0 Å². The van der Waals surface area contributed by atoms with Gasteiger partial charge in [-0.25, -0.2) is 4.79 Å². The first-order valence-electron chi connectivity index (χ1n) is 5.45. The third-order valence-corrected chi connectivity index (χ3v) is 1.80. The standard InChI is InChI=1S/C10H17N3O4/c1-3-16-10(14)7-15-5-4-11-6-9-12-8(2)17-13-9/h11H,3-7H2,1-2H3. The summed E-state index contributed by atoms with van der Waals surface area (Å²) in [6.45, 7) is 5.39. The zero-order valence-electron chi connectivity index (χ0n) is 10.1. The van der Waals surface area contributed by atoms with Gasteiger partial charge < -0.3 is 19.3 Å². The van der Waals surface area contributed by atoms with E-state index in [1.807, 2.05) is 0 Å². The van der Waals surface area contributed by atoms with Gasteiger partial charge in [-0.05, 0) is 6.92 Å². The molecule has 0 aliphatic carbocycles. The average molecular weight is 243 g/mol. The van der Waals surface area contributed by atoms with Gasteiger partial charge in [0.15, 0.2) is 5.82 Å². The first-order chi connectivity index (χ1) is 8.22. The molecular weight excluding hydrogens is 226 g/mol. The Balaban J connectivity index is 1.96. The summed E-state index contributed by atoms with van der Waals surface area (Å²) in [5, 5.41) is 6.78. The largest absolute Gasteiger partial charge is 0.464 e. The van der Waals surface area contributed by atoms with E-state index >= 15 is 0 Å². The number of ether oxygens (including phenoxy) is 2. The molecule has 1 rings (SSSR count). The van der Waals surface area contributed by atoms with Crippen LogP contribution in [-0.4, -0.2) is 42.5 Å². The van der Waals surface area contributed by atoms with Gasteiger partial charge in [0.25, 0.3) is 0 Å². The van der Waals surface area contributed by atoms with E-state index in [0.717, 1.165) is 0 Å². The van der Waals surface area contributed by atoms with Crippen molar-refractivity contribution in [3.8, 4) is 0 Å². The highest BCUT2D eigenvalue weighted by Gasteiger charge is 2.02. The minimum atomic E-state index is -0.346. The van der Waals surface area contributed by atoms with Crippen molar-refractivity contribution in [3.63, 3.8) is 0 Å². The molecule has 0 amide bonds. The van der Waals surface area contributed by atoms with Crippen LogP contribution in [0.1, 0.15) is 18.6 Å². The smallest absolute Gasteiger partial charge is 0.332 e. The predicted octanol–water partition coefficient (Wildman–Crippen LogP) is 0.0473. The van der Waals surface area contributed by atoms with Crippen molar-refractivity contribution >= 4 is 5.97 Å². The first-order valence-corrected chi connectivity index (χ1v) is 5.45. The zero-order valence-corrected chi connectivity index (χ0v) is 10.1. The van der Waals surface area contributed by atoms with E-state index in [-0.39, 0.29) is 12.6 Å². The molecule has 1 heterocycles. The molecule has 0 aliphatic rings. The van der Waals surface area contributed by atoms with Crippen molar-refractivity contribution in [1.82, 2.24) is 15.5 Å². The molecule has 1 N–H and O–H groups in total. The van der Waals surface area contributed by atoms with Crippen molar-refractivity contribution in [1.29, 1.82) is 0 Å². The van der Waals surface area contributed by atoms with E-state index in [9.17, 15) is 4.79 Å². The molecule has 0 aliphatic heterocycles. The highest BCUT2D eigenvalue weighted by atomic mass is 16.6. The zero-order chi connectivity index (χ0) is 12.5. The summed E-state index contributed by atoms with van der Waals surface area (Å²) >= 11 is 0. The number of carbonyl (C=O) groups is 1. The van der Waals surface area contributed by atoms with E-state index in [0.29, 0.717) is 38.0 Å². The average Bonchev–Trinajstić information content (AvgIpc) is 2.70. The topological polar surface area (TPSA) is 86.5 Å². The fourth-order valence-corrected chi connectivity index (χ4v) is 1.12. The van der Waals surface area contributed by atoms with Crippen LogP contribution in [-0.2, 0) is 20.8 Å². The highest BCUT2D eigenvalue weighted by molar-refractivity contribution is 5.70. The van der Waals surface area contributed by atoms with Crippen LogP contribution in [0.2, 0.25) is 0 Å². The molecule has 1 aromatic rings. The van der Waals surface area contributed by atoms with Crippen molar-refractivity contribution < 1.29 is 18.8 Å². The number of esters is 1. The van der Waals surface area contributed by atoms with E-state index < -0.39 is 0 Å². The van der Waals surface area contributed by atoms with E-state index in [4.69, 9.17) is 14.0 Å². The number of nitrogens with one attached hydrogen (secondary N) is 1. The number of hydrogen-bond acceptors (Lipinski definition) is 7. The Hall–Kier alpha value is -1.47. The Morgan fingerprint density at radius 2 is 2.35 bits per heavy atom. The molecule has 0 bridgehead atoms. The number of rotatable bonds is 8. The summed E-state index contributed by atoms with van der Waals surface area (Å²) in [6, 6.07) is 0. The van der Waals surface area contributed by atoms with Crippen LogP contribution in [0, 0.1) is 6.92 Å². The van der Waals surface area contributed by atoms with E-state index in [2.05, 4.69) is 15.5 Å². The molecule has 0 atom stereocenters. The lowest BCUT2D eigenvalue weighted by Gasteiger charge is -2.04. The second-order valence-corrected chi connectivity index (χ2v) is 3.26. The van der Waals surface area contributed by atoms with Crippen LogP contribution in [0.5, 0.6) is 0 Å². The number of aromatic nitrogens is 2. The monoisotopic (exact) mass is 243 g/mol. The Bertz CT molecular complexity index is 340. The fourth-order valence-electron chi connectivity index (χ4n) is 1.12. The highest BCUT2D eigenvalue weighted by Crippen LogP contribution is 1.93. The third-order valence-electron chi connectivity index (χ3n) is 1.80. The van der Waals surface area contributed by atoms with Crippen LogP contribution in [0.4, 0.5) is 0 Å². The number of aryl methyl sites for hydroxylation is 1. The number of nitrogens with zero attached hydrogens (tertiary/aromatic N) is 2. The Kier molecular flexibility index (Phi) is 6.19. The van der Waals surface area contributed by atoms with Gasteiger partial charge in [0.1, 0.15) is 6.61 Å². The van der Waals surface area contributed by atoms with E-state index in [1.165, 1.54) is 0 Å². The van der Waals surface area contributed by atoms with Crippen LogP contribution < -0.4 is 5.32 Å². The predicted molar refractivity (Wildman–Crippen MR) is 58.2 cm³/mol. The molecule has 1 aromatic heterocycles. The lowest BCUT2D eigenvalue weighted by atomic mass is 10.5. The van der Waals surface area contributed by atoms with Gasteiger partial charge in [-0.1, -0.05) is 5.16 Å². The molecule has 0 unspecified atom stereocenters. The maximum Gasteiger partial charge on any atom is 0.332 e. The summed E-state index contributed by atoms with van der Waals surface area (Å²) in [5.41, 5.74) is 0. The quantitative estimate of drug-likeness (QED) is 0.509. The summed E-state index contributed by atoms with van der Waals surface area (Å²) in [7, 11) is 0. The molecular formula is C10H17N3O4. The Labute approximate surface area is 99.5 Å². The molecule has 7 heteroatoms. The van der Waals surface area contributed by atoms with Gasteiger partial charge in [0, 0.05) is 13.5 Å². The molecule has 7 nitrogen and oxygen atoms in total. The Morgan fingerprint density at radius 1 is 1.53 bits per heavy atom. The lowest BCUT2D eigenvalue weighted by Crippen LogP contribution is -2.22. The van der Waals surface area contributed by atoms with Gasteiger partial charge in [0.2, 0.25) is 5.89 Å². The van der Waals surface area contributed by atoms with Gasteiger partial charge in [0.05, 0.1) is 19.8 Å². The molecule has 96 valence electrons. The summed E-state index contributed by atoms with van der Waals surface area (Å²) in [4.78, 5) is 14.9. The van der Waals surface area contributed by atoms with Crippen molar-refractivity contribution in [2.75, 3.05) is 26.4 Å². The molecule has 17 heavy (non-hydrogen) atoms. The fraction of sp³-hybridized carbons (Fsp3) is 0.700. The normalized spacial score (nSPS) is 10.5. The maximum absolute atomic E-state index is 10.9. The van der Waals surface area contributed by atoms with Gasteiger partial charge in [-0.2, -0.15) is 4.98 Å². The second-order valence-electron chi connectivity index (χ2n) is 3.26. The van der Waals surface area contributed by atoms with Crippen LogP contribution in [0.15, 0.2) is 4.52 Å². The number of carbonyl (C=O) groups excluding carboxylic acids is 1. The van der Waals surface area contributed by atoms with Crippen molar-refractivity contribution in [3.05, 3.63) is 11.7 Å². The lowest BCUT2D eigenvalue weighted by molar-refractivity contribution is -0.148. The molecule has 0 saturated heterocycles. The van der Waals surface area contributed by atoms with Crippen LogP contribution in [0.3, 0.4) is 0 Å². The second kappa shape index (κ2) is 7.75. The van der Waals surface area contributed by atoms with Crippen LogP contribution >= 0.6 is 0 Å².